The number of aryl methyl sites for hydroxylation is 2. The van der Waals surface area contributed by atoms with Gasteiger partial charge in [0, 0.05) is 15.6 Å². The molecule has 4 rings (SSSR count). The average molecular weight is 378 g/mol. The van der Waals surface area contributed by atoms with Gasteiger partial charge in [-0.25, -0.2) is 4.98 Å². The molecule has 124 valence electrons. The molecule has 1 aliphatic carbocycles. The lowest BCUT2D eigenvalue weighted by Gasteiger charge is -2.18. The normalized spacial score (nSPS) is 17.1. The van der Waals surface area contributed by atoms with Crippen molar-refractivity contribution in [1.82, 2.24) is 9.97 Å². The summed E-state index contributed by atoms with van der Waals surface area (Å²) in [6.07, 6.45) is 3.39. The van der Waals surface area contributed by atoms with Crippen LogP contribution in [0.5, 0.6) is 0 Å². The highest BCUT2D eigenvalue weighted by atomic mass is 35.5. The van der Waals surface area contributed by atoms with E-state index in [0.717, 1.165) is 46.0 Å². The van der Waals surface area contributed by atoms with Gasteiger partial charge in [0.1, 0.15) is 10.6 Å². The molecular weight excluding hydrogens is 361 g/mol. The molecule has 0 radical (unpaired) electrons. The first-order valence-corrected chi connectivity index (χ1v) is 9.59. The topological polar surface area (TPSA) is 37.8 Å². The fraction of sp³-hybridized carbons (Fsp3) is 0.333. The van der Waals surface area contributed by atoms with E-state index in [1.165, 1.54) is 16.9 Å². The van der Waals surface area contributed by atoms with Crippen molar-refractivity contribution in [3.63, 3.8) is 0 Å². The van der Waals surface area contributed by atoms with Gasteiger partial charge in [-0.15, -0.1) is 11.3 Å². The molecule has 1 aliphatic rings. The minimum Gasteiger partial charge on any atom is -0.339 e. The second-order valence-electron chi connectivity index (χ2n) is 6.46. The number of thiophene rings is 1. The molecule has 0 spiro atoms. The van der Waals surface area contributed by atoms with Crippen molar-refractivity contribution < 1.29 is 0 Å². The number of hydrogen-bond acceptors (Lipinski definition) is 4. The van der Waals surface area contributed by atoms with Crippen molar-refractivity contribution in [2.75, 3.05) is 5.32 Å². The third kappa shape index (κ3) is 2.87. The van der Waals surface area contributed by atoms with Gasteiger partial charge in [0.15, 0.2) is 0 Å². The lowest BCUT2D eigenvalue weighted by molar-refractivity contribution is 0.509. The number of halogens is 2. The smallest absolute Gasteiger partial charge is 0.225 e. The summed E-state index contributed by atoms with van der Waals surface area (Å²) in [5.74, 6) is 1.50. The van der Waals surface area contributed by atoms with Crippen molar-refractivity contribution >= 4 is 56.3 Å². The van der Waals surface area contributed by atoms with Crippen LogP contribution in [0.4, 0.5) is 11.5 Å². The van der Waals surface area contributed by atoms with E-state index in [1.807, 2.05) is 25.1 Å². The highest BCUT2D eigenvalue weighted by Gasteiger charge is 2.24. The van der Waals surface area contributed by atoms with E-state index >= 15 is 0 Å². The number of benzene rings is 1. The van der Waals surface area contributed by atoms with E-state index < -0.39 is 0 Å². The summed E-state index contributed by atoms with van der Waals surface area (Å²) < 4.78 is 0. The number of hydrogen-bond donors (Lipinski definition) is 1. The second-order valence-corrected chi connectivity index (χ2v) is 8.32. The fourth-order valence-corrected chi connectivity index (χ4v) is 5.04. The lowest BCUT2D eigenvalue weighted by Crippen LogP contribution is -2.09. The van der Waals surface area contributed by atoms with Crippen LogP contribution in [0.15, 0.2) is 18.2 Å². The van der Waals surface area contributed by atoms with E-state index in [0.29, 0.717) is 5.02 Å². The van der Waals surface area contributed by atoms with Crippen LogP contribution in [0.2, 0.25) is 10.3 Å². The third-order valence-electron chi connectivity index (χ3n) is 4.58. The molecule has 0 fully saturated rings. The Bertz CT molecular complexity index is 936. The van der Waals surface area contributed by atoms with Crippen molar-refractivity contribution in [1.29, 1.82) is 0 Å². The van der Waals surface area contributed by atoms with Gasteiger partial charge < -0.3 is 5.32 Å². The highest BCUT2D eigenvalue weighted by Crippen LogP contribution is 2.41. The molecule has 1 N–H and O–H groups in total. The van der Waals surface area contributed by atoms with E-state index in [-0.39, 0.29) is 5.28 Å². The molecular formula is C18H17Cl2N3S. The maximum Gasteiger partial charge on any atom is 0.225 e. The van der Waals surface area contributed by atoms with Crippen LogP contribution in [0.3, 0.4) is 0 Å². The van der Waals surface area contributed by atoms with Crippen LogP contribution < -0.4 is 5.32 Å². The first-order valence-electron chi connectivity index (χ1n) is 8.02. The molecule has 1 atom stereocenters. The van der Waals surface area contributed by atoms with Gasteiger partial charge in [-0.3, -0.25) is 0 Å². The van der Waals surface area contributed by atoms with E-state index in [9.17, 15) is 0 Å². The summed E-state index contributed by atoms with van der Waals surface area (Å²) >= 11 is 14.1. The van der Waals surface area contributed by atoms with Gasteiger partial charge in [0.05, 0.1) is 5.39 Å². The molecule has 3 nitrogen and oxygen atoms in total. The summed E-state index contributed by atoms with van der Waals surface area (Å²) in [6.45, 7) is 4.35. The summed E-state index contributed by atoms with van der Waals surface area (Å²) in [5.41, 5.74) is 3.44. The maximum absolute atomic E-state index is 6.17. The van der Waals surface area contributed by atoms with Crippen molar-refractivity contribution in [2.24, 2.45) is 5.92 Å². The molecule has 2 heterocycles. The Morgan fingerprint density at radius 3 is 2.92 bits per heavy atom. The van der Waals surface area contributed by atoms with Gasteiger partial charge in [-0.2, -0.15) is 4.98 Å². The minimum absolute atomic E-state index is 0.274. The first kappa shape index (κ1) is 16.1. The number of anilines is 2. The van der Waals surface area contributed by atoms with Gasteiger partial charge >= 0.3 is 0 Å². The lowest BCUT2D eigenvalue weighted by atomic mass is 9.89. The Balaban J connectivity index is 1.87. The van der Waals surface area contributed by atoms with Crippen LogP contribution in [-0.2, 0) is 12.8 Å². The summed E-state index contributed by atoms with van der Waals surface area (Å²) in [6, 6.07) is 5.80. The van der Waals surface area contributed by atoms with Gasteiger partial charge in [-0.05, 0) is 67.0 Å². The quantitative estimate of drug-likeness (QED) is 0.542. The zero-order valence-corrected chi connectivity index (χ0v) is 15.8. The molecule has 1 unspecified atom stereocenters. The van der Waals surface area contributed by atoms with Crippen molar-refractivity contribution in [3.05, 3.63) is 44.5 Å². The van der Waals surface area contributed by atoms with Crippen molar-refractivity contribution in [2.45, 2.75) is 33.1 Å². The molecule has 0 amide bonds. The van der Waals surface area contributed by atoms with Gasteiger partial charge in [0.25, 0.3) is 0 Å². The third-order valence-corrected chi connectivity index (χ3v) is 6.13. The van der Waals surface area contributed by atoms with Gasteiger partial charge in [0.2, 0.25) is 5.28 Å². The Kier molecular flexibility index (Phi) is 4.15. The van der Waals surface area contributed by atoms with Crippen molar-refractivity contribution in [3.8, 4) is 0 Å². The number of nitrogens with zero attached hydrogens (tertiary/aromatic N) is 2. The van der Waals surface area contributed by atoms with E-state index in [2.05, 4.69) is 22.2 Å². The van der Waals surface area contributed by atoms with Gasteiger partial charge in [-0.1, -0.05) is 24.6 Å². The molecule has 1 aromatic carbocycles. The second kappa shape index (κ2) is 6.17. The number of fused-ring (bicyclic) bond motifs is 3. The van der Waals surface area contributed by atoms with Crippen LogP contribution in [0, 0.1) is 12.8 Å². The zero-order chi connectivity index (χ0) is 16.8. The summed E-state index contributed by atoms with van der Waals surface area (Å²) in [7, 11) is 0. The molecule has 0 aliphatic heterocycles. The van der Waals surface area contributed by atoms with Crippen LogP contribution in [0.25, 0.3) is 10.2 Å². The summed E-state index contributed by atoms with van der Waals surface area (Å²) in [5, 5.41) is 5.52. The highest BCUT2D eigenvalue weighted by molar-refractivity contribution is 7.19. The Morgan fingerprint density at radius 2 is 2.08 bits per heavy atom. The summed E-state index contributed by atoms with van der Waals surface area (Å²) in [4.78, 5) is 11.3. The monoisotopic (exact) mass is 377 g/mol. The van der Waals surface area contributed by atoms with E-state index in [1.54, 1.807) is 11.3 Å². The SMILES string of the molecule is Cc1ccc(Cl)cc1Nc1nc(Cl)nc2sc3c(c12)CCC(C)C3. The zero-order valence-electron chi connectivity index (χ0n) is 13.5. The molecule has 6 heteroatoms. The van der Waals surface area contributed by atoms with Crippen LogP contribution in [-0.4, -0.2) is 9.97 Å². The fourth-order valence-electron chi connectivity index (χ4n) is 3.26. The number of nitrogens with one attached hydrogen (secondary N) is 1. The Labute approximate surface area is 155 Å². The average Bonchev–Trinajstić information content (AvgIpc) is 2.87. The molecule has 0 bridgehead atoms. The maximum atomic E-state index is 6.17. The number of rotatable bonds is 2. The Morgan fingerprint density at radius 1 is 1.25 bits per heavy atom. The standard InChI is InChI=1S/C18H17Cl2N3S/c1-9-3-6-12-14(7-9)24-17-15(12)16(22-18(20)23-17)21-13-8-11(19)5-4-10(13)2/h4-5,8-9H,3,6-7H2,1-2H3,(H,21,22,23). The molecule has 0 saturated carbocycles. The largest absolute Gasteiger partial charge is 0.339 e. The predicted molar refractivity (Wildman–Crippen MR) is 103 cm³/mol. The van der Waals surface area contributed by atoms with Crippen LogP contribution >= 0.6 is 34.5 Å². The molecule has 3 aromatic rings. The van der Waals surface area contributed by atoms with E-state index in [4.69, 9.17) is 23.2 Å². The number of aromatic nitrogens is 2. The minimum atomic E-state index is 0.274. The van der Waals surface area contributed by atoms with Crippen LogP contribution in [0.1, 0.15) is 29.3 Å². The first-order chi connectivity index (χ1) is 11.5. The molecule has 2 aromatic heterocycles. The molecule has 0 saturated heterocycles. The predicted octanol–water partition coefficient (Wildman–Crippen LogP) is 6.17. The molecule has 24 heavy (non-hydrogen) atoms. The Hall–Kier alpha value is -1.36.